The topological polar surface area (TPSA) is 63.4 Å². The summed E-state index contributed by atoms with van der Waals surface area (Å²) >= 11 is 1.58. The van der Waals surface area contributed by atoms with Crippen LogP contribution < -0.4 is 5.14 Å². The van der Waals surface area contributed by atoms with E-state index in [1.54, 1.807) is 11.3 Å². The molecule has 1 unspecified atom stereocenters. The molecule has 0 saturated carbocycles. The Balaban J connectivity index is 2.28. The molecule has 0 bridgehead atoms. The molecule has 1 atom stereocenters. The van der Waals surface area contributed by atoms with Crippen molar-refractivity contribution in [2.24, 2.45) is 5.14 Å². The maximum absolute atomic E-state index is 11.2. The Hall–Kier alpha value is -0.430. The van der Waals surface area contributed by atoms with Gasteiger partial charge < -0.3 is 0 Å². The molecule has 0 amide bonds. The van der Waals surface area contributed by atoms with Gasteiger partial charge in [0.05, 0.1) is 6.04 Å². The first kappa shape index (κ1) is 10.1. The summed E-state index contributed by atoms with van der Waals surface area (Å²) in [4.78, 5) is 0. The molecular weight excluding hydrogens is 220 g/mol. The van der Waals surface area contributed by atoms with Crippen molar-refractivity contribution >= 4 is 21.5 Å². The van der Waals surface area contributed by atoms with Gasteiger partial charge in [0.2, 0.25) is 0 Å². The predicted molar refractivity (Wildman–Crippen MR) is 56.1 cm³/mol. The highest BCUT2D eigenvalue weighted by molar-refractivity contribution is 7.86. The lowest BCUT2D eigenvalue weighted by Gasteiger charge is -2.20. The minimum Gasteiger partial charge on any atom is -0.216 e. The highest BCUT2D eigenvalue weighted by Gasteiger charge is 2.32. The van der Waals surface area contributed by atoms with Crippen LogP contribution in [0, 0.1) is 0 Å². The Morgan fingerprint density at radius 1 is 1.57 bits per heavy atom. The lowest BCUT2D eigenvalue weighted by Crippen LogP contribution is -2.35. The van der Waals surface area contributed by atoms with Gasteiger partial charge in [0.15, 0.2) is 0 Å². The second kappa shape index (κ2) is 3.62. The molecular formula is C8H12N2O2S2. The summed E-state index contributed by atoms with van der Waals surface area (Å²) in [7, 11) is -3.54. The van der Waals surface area contributed by atoms with Crippen LogP contribution in [0.1, 0.15) is 24.4 Å². The smallest absolute Gasteiger partial charge is 0.216 e. The maximum atomic E-state index is 11.2. The van der Waals surface area contributed by atoms with E-state index in [0.29, 0.717) is 6.54 Å². The third-order valence-corrected chi connectivity index (χ3v) is 4.25. The van der Waals surface area contributed by atoms with Crippen molar-refractivity contribution in [2.75, 3.05) is 6.54 Å². The highest BCUT2D eigenvalue weighted by atomic mass is 32.2. The summed E-state index contributed by atoms with van der Waals surface area (Å²) in [6, 6.07) is 1.91. The van der Waals surface area contributed by atoms with E-state index in [4.69, 9.17) is 5.14 Å². The summed E-state index contributed by atoms with van der Waals surface area (Å²) in [6.07, 6.45) is 1.75. The number of thiophene rings is 1. The summed E-state index contributed by atoms with van der Waals surface area (Å²) in [5.41, 5.74) is 1.06. The Labute approximate surface area is 87.5 Å². The number of rotatable bonds is 2. The fourth-order valence-corrected chi connectivity index (χ4v) is 3.51. The molecule has 1 fully saturated rings. The van der Waals surface area contributed by atoms with E-state index in [1.807, 2.05) is 16.8 Å². The molecule has 2 heterocycles. The van der Waals surface area contributed by atoms with Gasteiger partial charge in [0.25, 0.3) is 10.2 Å². The van der Waals surface area contributed by atoms with E-state index in [2.05, 4.69) is 0 Å². The molecule has 6 heteroatoms. The molecule has 4 nitrogen and oxygen atoms in total. The monoisotopic (exact) mass is 232 g/mol. The third-order valence-electron chi connectivity index (χ3n) is 2.46. The van der Waals surface area contributed by atoms with Crippen molar-refractivity contribution in [3.05, 3.63) is 22.4 Å². The Bertz CT molecular complexity index is 399. The van der Waals surface area contributed by atoms with E-state index >= 15 is 0 Å². The van der Waals surface area contributed by atoms with Crippen LogP contribution in [0.4, 0.5) is 0 Å². The van der Waals surface area contributed by atoms with Gasteiger partial charge in [-0.15, -0.1) is 0 Å². The van der Waals surface area contributed by atoms with Gasteiger partial charge in [-0.25, -0.2) is 5.14 Å². The SMILES string of the molecule is NS(=O)(=O)N1CCCC1c1ccsc1. The van der Waals surface area contributed by atoms with Crippen LogP contribution in [0.5, 0.6) is 0 Å². The maximum Gasteiger partial charge on any atom is 0.277 e. The molecule has 1 aromatic rings. The third kappa shape index (κ3) is 1.83. The van der Waals surface area contributed by atoms with E-state index < -0.39 is 10.2 Å². The van der Waals surface area contributed by atoms with Crippen LogP contribution in [0.3, 0.4) is 0 Å². The van der Waals surface area contributed by atoms with E-state index in [1.165, 1.54) is 4.31 Å². The zero-order valence-electron chi connectivity index (χ0n) is 7.59. The van der Waals surface area contributed by atoms with E-state index in [9.17, 15) is 8.42 Å². The Kier molecular flexibility index (Phi) is 2.61. The lowest BCUT2D eigenvalue weighted by molar-refractivity contribution is 0.398. The van der Waals surface area contributed by atoms with Crippen LogP contribution in [-0.2, 0) is 10.2 Å². The molecule has 2 rings (SSSR count). The molecule has 78 valence electrons. The van der Waals surface area contributed by atoms with Crippen LogP contribution in [0.2, 0.25) is 0 Å². The van der Waals surface area contributed by atoms with E-state index in [-0.39, 0.29) is 6.04 Å². The zero-order valence-corrected chi connectivity index (χ0v) is 9.22. The van der Waals surface area contributed by atoms with Crippen molar-refractivity contribution < 1.29 is 8.42 Å². The minimum atomic E-state index is -3.54. The minimum absolute atomic E-state index is 0.0451. The number of hydrogen-bond donors (Lipinski definition) is 1. The summed E-state index contributed by atoms with van der Waals surface area (Å²) in [5, 5.41) is 9.07. The molecule has 0 aromatic carbocycles. The molecule has 1 saturated heterocycles. The number of hydrogen-bond acceptors (Lipinski definition) is 3. The highest BCUT2D eigenvalue weighted by Crippen LogP contribution is 2.33. The lowest BCUT2D eigenvalue weighted by atomic mass is 10.1. The summed E-state index contributed by atoms with van der Waals surface area (Å²) < 4.78 is 23.9. The van der Waals surface area contributed by atoms with Gasteiger partial charge in [-0.3, -0.25) is 0 Å². The molecule has 0 spiro atoms. The van der Waals surface area contributed by atoms with Crippen molar-refractivity contribution in [3.8, 4) is 0 Å². The first-order chi connectivity index (χ1) is 6.59. The van der Waals surface area contributed by atoms with Crippen molar-refractivity contribution in [1.29, 1.82) is 0 Å². The molecule has 0 radical (unpaired) electrons. The van der Waals surface area contributed by atoms with Gasteiger partial charge in [-0.2, -0.15) is 24.1 Å². The Morgan fingerprint density at radius 2 is 2.36 bits per heavy atom. The molecule has 1 aliphatic heterocycles. The molecule has 1 aliphatic rings. The molecule has 1 aromatic heterocycles. The summed E-state index contributed by atoms with van der Waals surface area (Å²) in [5.74, 6) is 0. The van der Waals surface area contributed by atoms with Gasteiger partial charge in [-0.1, -0.05) is 0 Å². The van der Waals surface area contributed by atoms with Crippen LogP contribution >= 0.6 is 11.3 Å². The van der Waals surface area contributed by atoms with Crippen LogP contribution in [0.15, 0.2) is 16.8 Å². The van der Waals surface area contributed by atoms with Crippen molar-refractivity contribution in [1.82, 2.24) is 4.31 Å². The van der Waals surface area contributed by atoms with Crippen molar-refractivity contribution in [3.63, 3.8) is 0 Å². The Morgan fingerprint density at radius 3 is 2.93 bits per heavy atom. The van der Waals surface area contributed by atoms with Crippen molar-refractivity contribution in [2.45, 2.75) is 18.9 Å². The normalized spacial score (nSPS) is 24.2. The summed E-state index contributed by atoms with van der Waals surface area (Å²) in [6.45, 7) is 0.541. The largest absolute Gasteiger partial charge is 0.277 e. The first-order valence-electron chi connectivity index (χ1n) is 4.41. The van der Waals surface area contributed by atoms with Gasteiger partial charge in [0.1, 0.15) is 0 Å². The fraction of sp³-hybridized carbons (Fsp3) is 0.500. The quantitative estimate of drug-likeness (QED) is 0.829. The van der Waals surface area contributed by atoms with Gasteiger partial charge in [0, 0.05) is 6.54 Å². The average Bonchev–Trinajstić information content (AvgIpc) is 2.73. The molecule has 14 heavy (non-hydrogen) atoms. The zero-order chi connectivity index (χ0) is 10.2. The predicted octanol–water partition coefficient (Wildman–Crippen LogP) is 1.09. The van der Waals surface area contributed by atoms with Crippen LogP contribution in [0.25, 0.3) is 0 Å². The van der Waals surface area contributed by atoms with Crippen LogP contribution in [-0.4, -0.2) is 19.3 Å². The average molecular weight is 232 g/mol. The van der Waals surface area contributed by atoms with Gasteiger partial charge >= 0.3 is 0 Å². The fourth-order valence-electron chi connectivity index (χ4n) is 1.84. The second-order valence-corrected chi connectivity index (χ2v) is 5.65. The first-order valence-corrected chi connectivity index (χ1v) is 6.85. The number of nitrogens with zero attached hydrogens (tertiary/aromatic N) is 1. The second-order valence-electron chi connectivity index (χ2n) is 3.37. The van der Waals surface area contributed by atoms with E-state index in [0.717, 1.165) is 18.4 Å². The molecule has 2 N–H and O–H groups in total. The standard InChI is InChI=1S/C8H12N2O2S2/c9-14(11,12)10-4-1-2-8(10)7-3-5-13-6-7/h3,5-6,8H,1-2,4H2,(H2,9,11,12). The van der Waals surface area contributed by atoms with Gasteiger partial charge in [-0.05, 0) is 35.2 Å². The number of nitrogens with two attached hydrogens (primary N) is 1. The molecule has 0 aliphatic carbocycles.